The number of rotatable bonds is 6. The summed E-state index contributed by atoms with van der Waals surface area (Å²) >= 11 is 5.62. The Morgan fingerprint density at radius 2 is 2.20 bits per heavy atom. The number of imidazole rings is 1. The molecule has 0 saturated heterocycles. The van der Waals surface area contributed by atoms with Gasteiger partial charge in [-0.25, -0.2) is 4.98 Å². The lowest BCUT2D eigenvalue weighted by Gasteiger charge is -2.08. The number of halogens is 1. The average Bonchev–Trinajstić information content (AvgIpc) is 2.98. The van der Waals surface area contributed by atoms with Gasteiger partial charge in [-0.05, 0) is 18.6 Å². The molecule has 104 valence electrons. The van der Waals surface area contributed by atoms with Crippen LogP contribution in [0.4, 0.5) is 0 Å². The Balaban J connectivity index is 1.84. The molecule has 0 spiro atoms. The molecule has 3 nitrogen and oxygen atoms in total. The van der Waals surface area contributed by atoms with Crippen molar-refractivity contribution in [1.82, 2.24) is 9.55 Å². The molecule has 0 amide bonds. The standard InChI is InChI=1S/C16H17ClN2O/c17-9-4-3-7-15-6-1-2-8-16(15)20-13-5-11-19-12-10-18-14-19/h1-2,6,8,10,12,14H,4-5,9,11,13H2. The summed E-state index contributed by atoms with van der Waals surface area (Å²) in [5.74, 6) is 7.51. The molecule has 0 N–H and O–H groups in total. The van der Waals surface area contributed by atoms with E-state index in [2.05, 4.69) is 16.8 Å². The number of hydrogen-bond donors (Lipinski definition) is 0. The fraction of sp³-hybridized carbons (Fsp3) is 0.312. The molecule has 2 rings (SSSR count). The fourth-order valence-electron chi connectivity index (χ4n) is 1.75. The van der Waals surface area contributed by atoms with Crippen LogP contribution in [0.25, 0.3) is 0 Å². The second-order valence-electron chi connectivity index (χ2n) is 4.24. The smallest absolute Gasteiger partial charge is 0.134 e. The second kappa shape index (κ2) is 8.29. The maximum absolute atomic E-state index is 5.80. The van der Waals surface area contributed by atoms with Crippen molar-refractivity contribution in [1.29, 1.82) is 0 Å². The molecule has 0 aliphatic heterocycles. The van der Waals surface area contributed by atoms with E-state index >= 15 is 0 Å². The van der Waals surface area contributed by atoms with Crippen molar-refractivity contribution in [2.24, 2.45) is 0 Å². The van der Waals surface area contributed by atoms with Crippen molar-refractivity contribution >= 4 is 11.6 Å². The van der Waals surface area contributed by atoms with E-state index in [1.54, 1.807) is 6.20 Å². The number of ether oxygens (including phenoxy) is 1. The molecular formula is C16H17ClN2O. The lowest BCUT2D eigenvalue weighted by Crippen LogP contribution is -2.03. The number of para-hydroxylation sites is 1. The van der Waals surface area contributed by atoms with E-state index in [0.29, 0.717) is 18.9 Å². The number of nitrogens with zero attached hydrogens (tertiary/aromatic N) is 2. The van der Waals surface area contributed by atoms with E-state index in [4.69, 9.17) is 16.3 Å². The Kier molecular flexibility index (Phi) is 6.01. The summed E-state index contributed by atoms with van der Waals surface area (Å²) in [6.45, 7) is 1.56. The summed E-state index contributed by atoms with van der Waals surface area (Å²) in [6, 6.07) is 7.83. The lowest BCUT2D eigenvalue weighted by molar-refractivity contribution is 0.301. The van der Waals surface area contributed by atoms with Crippen LogP contribution in [0.5, 0.6) is 5.75 Å². The summed E-state index contributed by atoms with van der Waals surface area (Å²) in [4.78, 5) is 4.01. The van der Waals surface area contributed by atoms with Crippen molar-refractivity contribution in [3.63, 3.8) is 0 Å². The molecular weight excluding hydrogens is 272 g/mol. The number of hydrogen-bond acceptors (Lipinski definition) is 2. The molecule has 1 heterocycles. The Hall–Kier alpha value is -1.92. The Labute approximate surface area is 124 Å². The number of aromatic nitrogens is 2. The van der Waals surface area contributed by atoms with Gasteiger partial charge in [0.1, 0.15) is 5.75 Å². The molecule has 20 heavy (non-hydrogen) atoms. The minimum atomic E-state index is 0.556. The minimum Gasteiger partial charge on any atom is -0.492 e. The van der Waals surface area contributed by atoms with Crippen molar-refractivity contribution in [2.45, 2.75) is 19.4 Å². The van der Waals surface area contributed by atoms with Gasteiger partial charge in [-0.1, -0.05) is 24.0 Å². The summed E-state index contributed by atoms with van der Waals surface area (Å²) in [7, 11) is 0. The van der Waals surface area contributed by atoms with Gasteiger partial charge >= 0.3 is 0 Å². The zero-order chi connectivity index (χ0) is 14.0. The SMILES string of the molecule is ClCCC#Cc1ccccc1OCCCn1ccnc1. The molecule has 0 atom stereocenters. The van der Waals surface area contributed by atoms with Gasteiger partial charge < -0.3 is 9.30 Å². The Morgan fingerprint density at radius 1 is 1.30 bits per heavy atom. The molecule has 4 heteroatoms. The van der Waals surface area contributed by atoms with Crippen LogP contribution in [0.1, 0.15) is 18.4 Å². The maximum Gasteiger partial charge on any atom is 0.134 e. The van der Waals surface area contributed by atoms with Crippen molar-refractivity contribution in [3.05, 3.63) is 48.5 Å². The van der Waals surface area contributed by atoms with Gasteiger partial charge in [0.25, 0.3) is 0 Å². The molecule has 2 aromatic rings. The van der Waals surface area contributed by atoms with Gasteiger partial charge in [0.05, 0.1) is 18.5 Å². The van der Waals surface area contributed by atoms with E-state index in [1.165, 1.54) is 0 Å². The molecule has 0 aliphatic rings. The highest BCUT2D eigenvalue weighted by Gasteiger charge is 2.00. The molecule has 1 aromatic carbocycles. The first-order chi connectivity index (χ1) is 9.90. The van der Waals surface area contributed by atoms with Crippen LogP contribution in [0.15, 0.2) is 43.0 Å². The topological polar surface area (TPSA) is 27.1 Å². The predicted octanol–water partition coefficient (Wildman–Crippen LogP) is 3.33. The molecule has 0 radical (unpaired) electrons. The highest BCUT2D eigenvalue weighted by molar-refractivity contribution is 6.18. The third kappa shape index (κ3) is 4.64. The van der Waals surface area contributed by atoms with Gasteiger partial charge in [0.15, 0.2) is 0 Å². The minimum absolute atomic E-state index is 0.556. The van der Waals surface area contributed by atoms with Crippen LogP contribution in [-0.2, 0) is 6.54 Å². The van der Waals surface area contributed by atoms with Gasteiger partial charge in [-0.3, -0.25) is 0 Å². The Bertz CT molecular complexity index is 570. The largest absolute Gasteiger partial charge is 0.492 e. The van der Waals surface area contributed by atoms with Gasteiger partial charge in [-0.15, -0.1) is 11.6 Å². The van der Waals surface area contributed by atoms with E-state index in [0.717, 1.165) is 24.3 Å². The van der Waals surface area contributed by atoms with Crippen LogP contribution in [0.2, 0.25) is 0 Å². The lowest BCUT2D eigenvalue weighted by atomic mass is 10.2. The summed E-state index contributed by atoms with van der Waals surface area (Å²) in [5, 5.41) is 0. The molecule has 0 fully saturated rings. The predicted molar refractivity (Wildman–Crippen MR) is 81.0 cm³/mol. The third-order valence-electron chi connectivity index (χ3n) is 2.71. The number of alkyl halides is 1. The molecule has 0 unspecified atom stereocenters. The van der Waals surface area contributed by atoms with Crippen LogP contribution in [-0.4, -0.2) is 22.0 Å². The first-order valence-corrected chi connectivity index (χ1v) is 7.16. The van der Waals surface area contributed by atoms with Crippen LogP contribution in [0, 0.1) is 11.8 Å². The average molecular weight is 289 g/mol. The van der Waals surface area contributed by atoms with Crippen molar-refractivity contribution < 1.29 is 4.74 Å². The van der Waals surface area contributed by atoms with Gasteiger partial charge in [-0.2, -0.15) is 0 Å². The highest BCUT2D eigenvalue weighted by Crippen LogP contribution is 2.17. The monoisotopic (exact) mass is 288 g/mol. The summed E-state index contributed by atoms with van der Waals surface area (Å²) in [5.41, 5.74) is 0.917. The maximum atomic E-state index is 5.80. The van der Waals surface area contributed by atoms with Gasteiger partial charge in [0.2, 0.25) is 0 Å². The molecule has 0 saturated carbocycles. The van der Waals surface area contributed by atoms with Crippen LogP contribution in [0.3, 0.4) is 0 Å². The summed E-state index contributed by atoms with van der Waals surface area (Å²) < 4.78 is 7.83. The van der Waals surface area contributed by atoms with E-state index in [1.807, 2.05) is 41.4 Å². The zero-order valence-corrected chi connectivity index (χ0v) is 12.0. The molecule has 1 aromatic heterocycles. The van der Waals surface area contributed by atoms with E-state index in [-0.39, 0.29) is 0 Å². The van der Waals surface area contributed by atoms with Crippen molar-refractivity contribution in [2.75, 3.05) is 12.5 Å². The second-order valence-corrected chi connectivity index (χ2v) is 4.62. The Morgan fingerprint density at radius 3 is 3.00 bits per heavy atom. The third-order valence-corrected chi connectivity index (χ3v) is 2.90. The normalized spacial score (nSPS) is 9.85. The van der Waals surface area contributed by atoms with E-state index < -0.39 is 0 Å². The van der Waals surface area contributed by atoms with Crippen LogP contribution < -0.4 is 4.74 Å². The van der Waals surface area contributed by atoms with Crippen LogP contribution >= 0.6 is 11.6 Å². The summed E-state index contributed by atoms with van der Waals surface area (Å²) in [6.07, 6.45) is 7.16. The zero-order valence-electron chi connectivity index (χ0n) is 11.3. The number of benzene rings is 1. The molecule has 0 bridgehead atoms. The van der Waals surface area contributed by atoms with Crippen molar-refractivity contribution in [3.8, 4) is 17.6 Å². The molecule has 0 aliphatic carbocycles. The van der Waals surface area contributed by atoms with Gasteiger partial charge in [0, 0.05) is 31.2 Å². The van der Waals surface area contributed by atoms with E-state index in [9.17, 15) is 0 Å². The first-order valence-electron chi connectivity index (χ1n) is 6.62. The highest BCUT2D eigenvalue weighted by atomic mass is 35.5. The fourth-order valence-corrected chi connectivity index (χ4v) is 1.84. The quantitative estimate of drug-likeness (QED) is 0.463. The number of aryl methyl sites for hydroxylation is 1. The first kappa shape index (κ1) is 14.5.